The summed E-state index contributed by atoms with van der Waals surface area (Å²) in [7, 11) is 0. The van der Waals surface area contributed by atoms with Crippen molar-refractivity contribution in [1.29, 1.82) is 0 Å². The molecule has 0 saturated carbocycles. The Morgan fingerprint density at radius 2 is 1.95 bits per heavy atom. The molecule has 10 heteroatoms. The van der Waals surface area contributed by atoms with E-state index in [-0.39, 0.29) is 24.0 Å². The molecule has 110 valence electrons. The molecule has 1 aromatic carbocycles. The number of hydrogen-bond donors (Lipinski definition) is 6. The second kappa shape index (κ2) is 5.36. The van der Waals surface area contributed by atoms with Crippen LogP contribution in [0, 0.1) is 0 Å². The van der Waals surface area contributed by atoms with E-state index in [2.05, 4.69) is 20.3 Å². The van der Waals surface area contributed by atoms with Crippen LogP contribution in [0.3, 0.4) is 0 Å². The third-order valence-electron chi connectivity index (χ3n) is 2.55. The topological polar surface area (TPSA) is 175 Å². The molecule has 0 fully saturated rings. The first-order chi connectivity index (χ1) is 9.90. The molecule has 0 spiro atoms. The number of carbonyl (C=O) groups is 1. The van der Waals surface area contributed by atoms with Crippen molar-refractivity contribution in [2.24, 2.45) is 0 Å². The number of hydrogen-bond acceptors (Lipinski definition) is 9. The van der Waals surface area contributed by atoms with E-state index in [1.807, 2.05) is 0 Å². The van der Waals surface area contributed by atoms with Gasteiger partial charge in [0, 0.05) is 6.07 Å². The van der Waals surface area contributed by atoms with Crippen LogP contribution < -0.4 is 11.1 Å². The van der Waals surface area contributed by atoms with E-state index in [0.29, 0.717) is 0 Å². The first-order valence-electron chi connectivity index (χ1n) is 5.58. The standard InChI is InChI=1S/C11H11N5O5/c12-11-15-3-14-6(16-11)2-13-7-4(10(20)21)1-5(17)8(18)9(7)19/h1,3,13,17-19H,2H2,(H,20,21)(H2,12,14,15,16). The summed E-state index contributed by atoms with van der Waals surface area (Å²) in [6, 6.07) is 0.807. The van der Waals surface area contributed by atoms with E-state index in [9.17, 15) is 20.1 Å². The number of phenols is 3. The van der Waals surface area contributed by atoms with Gasteiger partial charge in [-0.25, -0.2) is 14.8 Å². The minimum Gasteiger partial charge on any atom is -0.504 e. The molecule has 1 heterocycles. The molecule has 2 rings (SSSR count). The number of aromatic nitrogens is 3. The molecule has 0 saturated heterocycles. The summed E-state index contributed by atoms with van der Waals surface area (Å²) < 4.78 is 0. The SMILES string of the molecule is Nc1ncnc(CNc2c(C(=O)O)cc(O)c(O)c2O)n1. The maximum atomic E-state index is 11.1. The number of nitrogens with two attached hydrogens (primary N) is 1. The van der Waals surface area contributed by atoms with Crippen LogP contribution in [0.1, 0.15) is 16.2 Å². The Kier molecular flexibility index (Phi) is 3.61. The maximum absolute atomic E-state index is 11.1. The lowest BCUT2D eigenvalue weighted by atomic mass is 10.1. The number of aromatic hydroxyl groups is 3. The van der Waals surface area contributed by atoms with Gasteiger partial charge in [0.2, 0.25) is 11.7 Å². The van der Waals surface area contributed by atoms with Crippen molar-refractivity contribution in [3.63, 3.8) is 0 Å². The maximum Gasteiger partial charge on any atom is 0.338 e. The highest BCUT2D eigenvalue weighted by atomic mass is 16.4. The van der Waals surface area contributed by atoms with E-state index in [0.717, 1.165) is 6.07 Å². The molecular weight excluding hydrogens is 282 g/mol. The van der Waals surface area contributed by atoms with Gasteiger partial charge in [-0.1, -0.05) is 0 Å². The van der Waals surface area contributed by atoms with Crippen LogP contribution in [0.5, 0.6) is 17.2 Å². The van der Waals surface area contributed by atoms with Crippen molar-refractivity contribution >= 4 is 17.6 Å². The summed E-state index contributed by atoms with van der Waals surface area (Å²) in [6.07, 6.45) is 1.17. The molecule has 0 amide bonds. The molecule has 0 aliphatic carbocycles. The Morgan fingerprint density at radius 3 is 2.57 bits per heavy atom. The van der Waals surface area contributed by atoms with Gasteiger partial charge in [0.25, 0.3) is 0 Å². The number of carboxylic acid groups (broad SMARTS) is 1. The van der Waals surface area contributed by atoms with Gasteiger partial charge < -0.3 is 31.5 Å². The fourth-order valence-corrected chi connectivity index (χ4v) is 1.59. The number of rotatable bonds is 4. The second-order valence-electron chi connectivity index (χ2n) is 3.93. The first-order valence-corrected chi connectivity index (χ1v) is 5.58. The number of phenolic OH excluding ortho intramolecular Hbond substituents is 3. The third kappa shape index (κ3) is 2.83. The highest BCUT2D eigenvalue weighted by molar-refractivity contribution is 5.97. The number of aromatic carboxylic acids is 1. The highest BCUT2D eigenvalue weighted by Crippen LogP contribution is 2.43. The molecule has 0 aliphatic rings. The fraction of sp³-hybridized carbons (Fsp3) is 0.0909. The van der Waals surface area contributed by atoms with Crippen molar-refractivity contribution in [3.8, 4) is 17.2 Å². The zero-order chi connectivity index (χ0) is 15.6. The summed E-state index contributed by atoms with van der Waals surface area (Å²) >= 11 is 0. The minimum absolute atomic E-state index is 0.0157. The lowest BCUT2D eigenvalue weighted by molar-refractivity contribution is 0.0697. The Labute approximate surface area is 117 Å². The van der Waals surface area contributed by atoms with E-state index in [4.69, 9.17) is 10.8 Å². The van der Waals surface area contributed by atoms with Crippen LogP contribution in [-0.4, -0.2) is 41.3 Å². The lowest BCUT2D eigenvalue weighted by Crippen LogP contribution is -2.10. The van der Waals surface area contributed by atoms with Crippen LogP contribution >= 0.6 is 0 Å². The van der Waals surface area contributed by atoms with Gasteiger partial charge in [-0.2, -0.15) is 4.98 Å². The van der Waals surface area contributed by atoms with Crippen molar-refractivity contribution in [1.82, 2.24) is 15.0 Å². The van der Waals surface area contributed by atoms with Crippen LogP contribution in [0.2, 0.25) is 0 Å². The monoisotopic (exact) mass is 293 g/mol. The van der Waals surface area contributed by atoms with Gasteiger partial charge >= 0.3 is 5.97 Å². The highest BCUT2D eigenvalue weighted by Gasteiger charge is 2.21. The largest absolute Gasteiger partial charge is 0.504 e. The zero-order valence-electron chi connectivity index (χ0n) is 10.5. The van der Waals surface area contributed by atoms with Crippen molar-refractivity contribution in [3.05, 3.63) is 23.8 Å². The quantitative estimate of drug-likeness (QED) is 0.329. The lowest BCUT2D eigenvalue weighted by Gasteiger charge is -2.13. The van der Waals surface area contributed by atoms with E-state index in [1.54, 1.807) is 0 Å². The molecule has 1 aromatic heterocycles. The van der Waals surface area contributed by atoms with Crippen molar-refractivity contribution < 1.29 is 25.2 Å². The summed E-state index contributed by atoms with van der Waals surface area (Å²) in [4.78, 5) is 22.3. The van der Waals surface area contributed by atoms with Gasteiger partial charge in [-0.3, -0.25) is 0 Å². The van der Waals surface area contributed by atoms with E-state index < -0.39 is 28.8 Å². The summed E-state index contributed by atoms with van der Waals surface area (Å²) in [5, 5.41) is 40.1. The van der Waals surface area contributed by atoms with Gasteiger partial charge in [0.05, 0.1) is 17.8 Å². The van der Waals surface area contributed by atoms with Crippen molar-refractivity contribution in [2.75, 3.05) is 11.1 Å². The molecule has 7 N–H and O–H groups in total. The number of nitrogen functional groups attached to an aromatic ring is 1. The van der Waals surface area contributed by atoms with E-state index in [1.165, 1.54) is 6.33 Å². The fourth-order valence-electron chi connectivity index (χ4n) is 1.59. The second-order valence-corrected chi connectivity index (χ2v) is 3.93. The Hall–Kier alpha value is -3.30. The molecule has 10 nitrogen and oxygen atoms in total. The van der Waals surface area contributed by atoms with Gasteiger partial charge in [0.1, 0.15) is 6.33 Å². The Bertz CT molecular complexity index is 706. The summed E-state index contributed by atoms with van der Waals surface area (Å²) in [6.45, 7) is -0.0786. The summed E-state index contributed by atoms with van der Waals surface area (Å²) in [5.41, 5.74) is 4.67. The predicted octanol–water partition coefficient (Wildman–Crippen LogP) is -0.119. The third-order valence-corrected chi connectivity index (χ3v) is 2.55. The van der Waals surface area contributed by atoms with Crippen LogP contribution in [0.25, 0.3) is 0 Å². The minimum atomic E-state index is -1.40. The molecule has 0 unspecified atom stereocenters. The smallest absolute Gasteiger partial charge is 0.338 e. The number of benzene rings is 1. The number of anilines is 2. The zero-order valence-corrected chi connectivity index (χ0v) is 10.5. The molecule has 0 aliphatic heterocycles. The molecule has 0 radical (unpaired) electrons. The van der Waals surface area contributed by atoms with E-state index >= 15 is 0 Å². The Morgan fingerprint density at radius 1 is 1.24 bits per heavy atom. The van der Waals surface area contributed by atoms with Crippen LogP contribution in [-0.2, 0) is 6.54 Å². The van der Waals surface area contributed by atoms with Crippen LogP contribution in [0.15, 0.2) is 12.4 Å². The molecule has 0 atom stereocenters. The van der Waals surface area contributed by atoms with Gasteiger partial charge in [-0.15, -0.1) is 0 Å². The predicted molar refractivity (Wildman–Crippen MR) is 70.0 cm³/mol. The van der Waals surface area contributed by atoms with Crippen molar-refractivity contribution in [2.45, 2.75) is 6.54 Å². The molecule has 2 aromatic rings. The average molecular weight is 293 g/mol. The number of nitrogens with one attached hydrogen (secondary N) is 1. The molecule has 0 bridgehead atoms. The molecule has 21 heavy (non-hydrogen) atoms. The molecular formula is C11H11N5O5. The van der Waals surface area contributed by atoms with Gasteiger partial charge in [-0.05, 0) is 0 Å². The Balaban J connectivity index is 2.35. The first kappa shape index (κ1) is 14.1. The van der Waals surface area contributed by atoms with Gasteiger partial charge in [0.15, 0.2) is 17.3 Å². The summed E-state index contributed by atoms with van der Waals surface area (Å²) in [5.74, 6) is -3.60. The average Bonchev–Trinajstić information content (AvgIpc) is 2.43. The number of carboxylic acids is 1. The normalized spacial score (nSPS) is 10.3. The van der Waals surface area contributed by atoms with Crippen LogP contribution in [0.4, 0.5) is 11.6 Å². The number of nitrogens with zero attached hydrogens (tertiary/aromatic N) is 3.